The molecule has 3 unspecified atom stereocenters. The molecule has 0 spiro atoms. The SMILES string of the molecule is COC(c1noc(C2(C)CCCCC2N)n1)C(C)(C)C. The molecule has 5 nitrogen and oxygen atoms in total. The van der Waals surface area contributed by atoms with E-state index in [-0.39, 0.29) is 23.0 Å². The van der Waals surface area contributed by atoms with Gasteiger partial charge in [-0.1, -0.05) is 38.8 Å². The Hall–Kier alpha value is -0.940. The van der Waals surface area contributed by atoms with Crippen LogP contribution in [-0.2, 0) is 10.2 Å². The molecule has 0 aromatic carbocycles. The standard InChI is InChI=1S/C15H27N3O2/c1-14(2,3)11(19-5)12-17-13(20-18-12)15(4)9-7-6-8-10(15)16/h10-11H,6-9,16H2,1-5H3. The molecule has 1 aromatic rings. The van der Waals surface area contributed by atoms with E-state index >= 15 is 0 Å². The Kier molecular flexibility index (Phi) is 4.21. The van der Waals surface area contributed by atoms with Crippen LogP contribution in [0.3, 0.4) is 0 Å². The Morgan fingerprint density at radius 1 is 1.40 bits per heavy atom. The van der Waals surface area contributed by atoms with E-state index in [2.05, 4.69) is 37.8 Å². The summed E-state index contributed by atoms with van der Waals surface area (Å²) in [6.45, 7) is 8.44. The van der Waals surface area contributed by atoms with Crippen molar-refractivity contribution in [3.63, 3.8) is 0 Å². The Morgan fingerprint density at radius 3 is 2.65 bits per heavy atom. The van der Waals surface area contributed by atoms with E-state index in [4.69, 9.17) is 15.0 Å². The molecule has 2 N–H and O–H groups in total. The number of hydrogen-bond acceptors (Lipinski definition) is 5. The van der Waals surface area contributed by atoms with E-state index in [0.29, 0.717) is 11.7 Å². The van der Waals surface area contributed by atoms with Crippen LogP contribution in [0.4, 0.5) is 0 Å². The molecule has 2 rings (SSSR count). The van der Waals surface area contributed by atoms with Crippen molar-refractivity contribution in [3.05, 3.63) is 11.7 Å². The second-order valence-corrected chi connectivity index (χ2v) is 7.21. The fraction of sp³-hybridized carbons (Fsp3) is 0.867. The summed E-state index contributed by atoms with van der Waals surface area (Å²) in [5, 5.41) is 4.14. The van der Waals surface area contributed by atoms with E-state index < -0.39 is 0 Å². The summed E-state index contributed by atoms with van der Waals surface area (Å²) in [4.78, 5) is 4.61. The van der Waals surface area contributed by atoms with Crippen LogP contribution in [0.15, 0.2) is 4.52 Å². The van der Waals surface area contributed by atoms with Gasteiger partial charge in [-0.05, 0) is 25.2 Å². The second-order valence-electron chi connectivity index (χ2n) is 7.21. The average Bonchev–Trinajstić information content (AvgIpc) is 2.82. The molecule has 0 radical (unpaired) electrons. The van der Waals surface area contributed by atoms with Crippen LogP contribution in [-0.4, -0.2) is 23.3 Å². The first-order valence-electron chi connectivity index (χ1n) is 7.41. The van der Waals surface area contributed by atoms with Gasteiger partial charge < -0.3 is 15.0 Å². The molecule has 1 aromatic heterocycles. The summed E-state index contributed by atoms with van der Waals surface area (Å²) in [5.41, 5.74) is 6.00. The molecule has 1 saturated carbocycles. The summed E-state index contributed by atoms with van der Waals surface area (Å²) in [7, 11) is 1.68. The minimum absolute atomic E-state index is 0.0779. The Labute approximate surface area is 121 Å². The molecular formula is C15H27N3O2. The maximum absolute atomic E-state index is 6.29. The Balaban J connectivity index is 2.28. The lowest BCUT2D eigenvalue weighted by molar-refractivity contribution is 0.00718. The zero-order chi connectivity index (χ0) is 15.0. The van der Waals surface area contributed by atoms with Gasteiger partial charge in [-0.25, -0.2) is 0 Å². The summed E-state index contributed by atoms with van der Waals surface area (Å²) >= 11 is 0. The summed E-state index contributed by atoms with van der Waals surface area (Å²) < 4.78 is 11.1. The predicted octanol–water partition coefficient (Wildman–Crippen LogP) is 2.96. The predicted molar refractivity (Wildman–Crippen MR) is 77.3 cm³/mol. The molecule has 0 aliphatic heterocycles. The van der Waals surface area contributed by atoms with E-state index in [1.165, 1.54) is 6.42 Å². The minimum atomic E-state index is -0.209. The van der Waals surface area contributed by atoms with Crippen LogP contribution in [0, 0.1) is 5.41 Å². The van der Waals surface area contributed by atoms with Crippen LogP contribution in [0.25, 0.3) is 0 Å². The van der Waals surface area contributed by atoms with Crippen molar-refractivity contribution >= 4 is 0 Å². The first-order valence-corrected chi connectivity index (χ1v) is 7.41. The first kappa shape index (κ1) is 15.4. The van der Waals surface area contributed by atoms with Gasteiger partial charge in [0.1, 0.15) is 6.10 Å². The van der Waals surface area contributed by atoms with E-state index in [1.54, 1.807) is 7.11 Å². The van der Waals surface area contributed by atoms with Crippen LogP contribution < -0.4 is 5.73 Å². The Morgan fingerprint density at radius 2 is 2.10 bits per heavy atom. The third-order valence-corrected chi connectivity index (χ3v) is 4.47. The number of methoxy groups -OCH3 is 1. The summed E-state index contributed by atoms with van der Waals surface area (Å²) in [6, 6.07) is 0.0835. The largest absolute Gasteiger partial charge is 0.373 e. The lowest BCUT2D eigenvalue weighted by atomic mass is 9.72. The highest BCUT2D eigenvalue weighted by Crippen LogP contribution is 2.39. The van der Waals surface area contributed by atoms with Gasteiger partial charge in [-0.3, -0.25) is 0 Å². The third kappa shape index (κ3) is 2.74. The van der Waals surface area contributed by atoms with E-state index in [0.717, 1.165) is 19.3 Å². The third-order valence-electron chi connectivity index (χ3n) is 4.47. The molecule has 114 valence electrons. The highest BCUT2D eigenvalue weighted by Gasteiger charge is 2.42. The highest BCUT2D eigenvalue weighted by molar-refractivity contribution is 5.11. The molecule has 1 aliphatic carbocycles. The van der Waals surface area contributed by atoms with Crippen LogP contribution in [0.5, 0.6) is 0 Å². The fourth-order valence-corrected chi connectivity index (χ4v) is 3.05. The quantitative estimate of drug-likeness (QED) is 0.922. The van der Waals surface area contributed by atoms with Crippen molar-refractivity contribution in [2.45, 2.75) is 70.9 Å². The number of nitrogens with zero attached hydrogens (tertiary/aromatic N) is 2. The molecule has 1 heterocycles. The Bertz CT molecular complexity index is 452. The van der Waals surface area contributed by atoms with Gasteiger partial charge in [0.2, 0.25) is 11.7 Å². The molecule has 0 saturated heterocycles. The molecule has 1 aliphatic rings. The van der Waals surface area contributed by atoms with Crippen molar-refractivity contribution < 1.29 is 9.26 Å². The number of aromatic nitrogens is 2. The molecule has 0 bridgehead atoms. The number of ether oxygens (including phenoxy) is 1. The molecule has 20 heavy (non-hydrogen) atoms. The van der Waals surface area contributed by atoms with Gasteiger partial charge in [0.05, 0.1) is 5.41 Å². The maximum Gasteiger partial charge on any atom is 0.234 e. The van der Waals surface area contributed by atoms with Gasteiger partial charge in [-0.15, -0.1) is 0 Å². The second kappa shape index (κ2) is 5.45. The van der Waals surface area contributed by atoms with Crippen LogP contribution in [0.2, 0.25) is 0 Å². The van der Waals surface area contributed by atoms with E-state index in [1.807, 2.05) is 0 Å². The average molecular weight is 281 g/mol. The number of nitrogens with two attached hydrogens (primary N) is 1. The van der Waals surface area contributed by atoms with Crippen molar-refractivity contribution in [3.8, 4) is 0 Å². The lowest BCUT2D eigenvalue weighted by Gasteiger charge is -2.36. The topological polar surface area (TPSA) is 74.2 Å². The van der Waals surface area contributed by atoms with Crippen molar-refractivity contribution in [1.82, 2.24) is 10.1 Å². The molecular weight excluding hydrogens is 254 g/mol. The monoisotopic (exact) mass is 281 g/mol. The number of hydrogen-bond donors (Lipinski definition) is 1. The highest BCUT2D eigenvalue weighted by atomic mass is 16.5. The lowest BCUT2D eigenvalue weighted by Crippen LogP contribution is -2.45. The van der Waals surface area contributed by atoms with Crippen LogP contribution in [0.1, 0.15) is 71.2 Å². The van der Waals surface area contributed by atoms with Gasteiger partial charge >= 0.3 is 0 Å². The number of rotatable bonds is 3. The first-order chi connectivity index (χ1) is 9.29. The summed E-state index contributed by atoms with van der Waals surface area (Å²) in [6.07, 6.45) is 4.18. The van der Waals surface area contributed by atoms with Gasteiger partial charge in [0.25, 0.3) is 0 Å². The van der Waals surface area contributed by atoms with Crippen molar-refractivity contribution in [2.75, 3.05) is 7.11 Å². The van der Waals surface area contributed by atoms with Gasteiger partial charge in [-0.2, -0.15) is 4.98 Å². The maximum atomic E-state index is 6.29. The molecule has 5 heteroatoms. The summed E-state index contributed by atoms with van der Waals surface area (Å²) in [5.74, 6) is 1.28. The zero-order valence-corrected chi connectivity index (χ0v) is 13.3. The van der Waals surface area contributed by atoms with Crippen LogP contribution >= 0.6 is 0 Å². The van der Waals surface area contributed by atoms with Gasteiger partial charge in [0, 0.05) is 13.2 Å². The van der Waals surface area contributed by atoms with Crippen molar-refractivity contribution in [1.29, 1.82) is 0 Å². The molecule has 0 amide bonds. The van der Waals surface area contributed by atoms with Crippen molar-refractivity contribution in [2.24, 2.45) is 11.1 Å². The molecule has 1 fully saturated rings. The fourth-order valence-electron chi connectivity index (χ4n) is 3.05. The smallest absolute Gasteiger partial charge is 0.234 e. The molecule has 3 atom stereocenters. The van der Waals surface area contributed by atoms with Gasteiger partial charge in [0.15, 0.2) is 0 Å². The van der Waals surface area contributed by atoms with E-state index in [9.17, 15) is 0 Å². The normalized spacial score (nSPS) is 29.4. The zero-order valence-electron chi connectivity index (χ0n) is 13.3. The minimum Gasteiger partial charge on any atom is -0.373 e.